The maximum absolute atomic E-state index is 10.9. The second-order valence-corrected chi connectivity index (χ2v) is 9.22. The first-order chi connectivity index (χ1) is 13.9. The second kappa shape index (κ2) is 9.77. The standard InChI is InChI=1S/C26H38NO2/c1-20-9-11-24(12-10-20)17-27(13-7-5-6-8-14-27)18-25(28)19-29-26-22(3)15-21(2)16-23(26)4/h9-12,15-16,25,28H,5-8,13-14,17-19H2,1-4H3/q+1. The first-order valence-corrected chi connectivity index (χ1v) is 11.2. The van der Waals surface area contributed by atoms with Crippen LogP contribution < -0.4 is 4.74 Å². The van der Waals surface area contributed by atoms with E-state index in [4.69, 9.17) is 4.74 Å². The van der Waals surface area contributed by atoms with Gasteiger partial charge in [0.15, 0.2) is 0 Å². The molecule has 0 aliphatic carbocycles. The summed E-state index contributed by atoms with van der Waals surface area (Å²) in [5.74, 6) is 0.926. The number of aliphatic hydroxyl groups excluding tert-OH is 1. The number of hydrogen-bond donors (Lipinski definition) is 1. The molecule has 1 aliphatic rings. The fraction of sp³-hybridized carbons (Fsp3) is 0.538. The predicted molar refractivity (Wildman–Crippen MR) is 120 cm³/mol. The molecule has 29 heavy (non-hydrogen) atoms. The fourth-order valence-corrected chi connectivity index (χ4v) is 4.92. The van der Waals surface area contributed by atoms with Gasteiger partial charge in [-0.05, 0) is 64.5 Å². The van der Waals surface area contributed by atoms with E-state index in [2.05, 4.69) is 64.1 Å². The maximum atomic E-state index is 10.9. The topological polar surface area (TPSA) is 29.5 Å². The Morgan fingerprint density at radius 2 is 1.45 bits per heavy atom. The summed E-state index contributed by atoms with van der Waals surface area (Å²) < 4.78 is 7.08. The molecule has 1 N–H and O–H groups in total. The van der Waals surface area contributed by atoms with Crippen molar-refractivity contribution in [3.8, 4) is 5.75 Å². The molecule has 0 spiro atoms. The summed E-state index contributed by atoms with van der Waals surface area (Å²) in [7, 11) is 0. The lowest BCUT2D eigenvalue weighted by Crippen LogP contribution is -2.53. The Hall–Kier alpha value is -1.84. The number of aryl methyl sites for hydroxylation is 4. The van der Waals surface area contributed by atoms with Crippen LogP contribution in [0.15, 0.2) is 36.4 Å². The zero-order valence-corrected chi connectivity index (χ0v) is 18.7. The average Bonchev–Trinajstić information content (AvgIpc) is 2.88. The van der Waals surface area contributed by atoms with Crippen LogP contribution in [0.3, 0.4) is 0 Å². The third-order valence-electron chi connectivity index (χ3n) is 6.28. The molecule has 0 radical (unpaired) electrons. The van der Waals surface area contributed by atoms with Gasteiger partial charge in [-0.2, -0.15) is 0 Å². The Balaban J connectivity index is 1.69. The van der Waals surface area contributed by atoms with Gasteiger partial charge in [-0.1, -0.05) is 47.5 Å². The van der Waals surface area contributed by atoms with Crippen molar-refractivity contribution in [3.05, 3.63) is 64.2 Å². The van der Waals surface area contributed by atoms with E-state index in [-0.39, 0.29) is 0 Å². The number of aliphatic hydroxyl groups is 1. The number of hydrogen-bond acceptors (Lipinski definition) is 2. The molecule has 1 aliphatic heterocycles. The lowest BCUT2D eigenvalue weighted by atomic mass is 10.1. The Kier molecular flexibility index (Phi) is 7.37. The molecule has 2 aromatic rings. The van der Waals surface area contributed by atoms with Crippen molar-refractivity contribution in [2.45, 2.75) is 66.0 Å². The molecule has 158 valence electrons. The summed E-state index contributed by atoms with van der Waals surface area (Å²) in [6.45, 7) is 12.8. The van der Waals surface area contributed by atoms with Crippen molar-refractivity contribution in [1.82, 2.24) is 0 Å². The van der Waals surface area contributed by atoms with Gasteiger partial charge in [0.2, 0.25) is 0 Å². The molecule has 1 atom stereocenters. The summed E-state index contributed by atoms with van der Waals surface area (Å²) in [5, 5.41) is 10.9. The van der Waals surface area contributed by atoms with E-state index in [1.165, 1.54) is 42.4 Å². The van der Waals surface area contributed by atoms with Crippen molar-refractivity contribution in [2.24, 2.45) is 0 Å². The van der Waals surface area contributed by atoms with Crippen LogP contribution >= 0.6 is 0 Å². The highest BCUT2D eigenvalue weighted by Gasteiger charge is 2.32. The minimum Gasteiger partial charge on any atom is -0.490 e. The van der Waals surface area contributed by atoms with Crippen LogP contribution in [0.2, 0.25) is 0 Å². The second-order valence-electron chi connectivity index (χ2n) is 9.22. The van der Waals surface area contributed by atoms with Gasteiger partial charge >= 0.3 is 0 Å². The number of ether oxygens (including phenoxy) is 1. The van der Waals surface area contributed by atoms with Crippen molar-refractivity contribution in [1.29, 1.82) is 0 Å². The van der Waals surface area contributed by atoms with Crippen LogP contribution in [0.5, 0.6) is 5.75 Å². The number of nitrogens with zero attached hydrogens (tertiary/aromatic N) is 1. The van der Waals surface area contributed by atoms with Gasteiger partial charge < -0.3 is 14.3 Å². The van der Waals surface area contributed by atoms with Crippen LogP contribution in [0, 0.1) is 27.7 Å². The Morgan fingerprint density at radius 1 is 0.862 bits per heavy atom. The quantitative estimate of drug-likeness (QED) is 0.648. The highest BCUT2D eigenvalue weighted by Crippen LogP contribution is 2.26. The van der Waals surface area contributed by atoms with E-state index in [1.807, 2.05) is 0 Å². The smallest absolute Gasteiger partial charge is 0.137 e. The first-order valence-electron chi connectivity index (χ1n) is 11.2. The van der Waals surface area contributed by atoms with Gasteiger partial charge in [-0.15, -0.1) is 0 Å². The van der Waals surface area contributed by atoms with Gasteiger partial charge in [-0.3, -0.25) is 0 Å². The van der Waals surface area contributed by atoms with Gasteiger partial charge in [0, 0.05) is 5.56 Å². The number of benzene rings is 2. The minimum absolute atomic E-state index is 0.360. The van der Waals surface area contributed by atoms with Crippen LogP contribution in [-0.4, -0.2) is 41.9 Å². The van der Waals surface area contributed by atoms with Gasteiger partial charge in [0.25, 0.3) is 0 Å². The Labute approximate surface area is 176 Å². The molecule has 1 fully saturated rings. The van der Waals surface area contributed by atoms with E-state index in [9.17, 15) is 5.11 Å². The molecule has 1 saturated heterocycles. The minimum atomic E-state index is -0.460. The molecule has 0 saturated carbocycles. The fourth-order valence-electron chi connectivity index (χ4n) is 4.92. The molecule has 3 nitrogen and oxygen atoms in total. The predicted octanol–water partition coefficient (Wildman–Crippen LogP) is 5.25. The zero-order valence-electron chi connectivity index (χ0n) is 18.7. The van der Waals surface area contributed by atoms with Crippen molar-refractivity contribution >= 4 is 0 Å². The number of likely N-dealkylation sites (tertiary alicyclic amines) is 1. The van der Waals surface area contributed by atoms with Gasteiger partial charge in [-0.25, -0.2) is 0 Å². The summed E-state index contributed by atoms with van der Waals surface area (Å²) in [6.07, 6.45) is 4.65. The van der Waals surface area contributed by atoms with Gasteiger partial charge in [0.1, 0.15) is 31.5 Å². The molecule has 0 amide bonds. The molecule has 0 bridgehead atoms. The highest BCUT2D eigenvalue weighted by molar-refractivity contribution is 5.42. The van der Waals surface area contributed by atoms with Crippen LogP contribution in [0.25, 0.3) is 0 Å². The molecule has 3 heteroatoms. The molecule has 2 aromatic carbocycles. The van der Waals surface area contributed by atoms with Crippen molar-refractivity contribution in [3.63, 3.8) is 0 Å². The molecule has 1 unspecified atom stereocenters. The number of rotatable bonds is 7. The lowest BCUT2D eigenvalue weighted by Gasteiger charge is -2.39. The Bertz CT molecular complexity index is 766. The van der Waals surface area contributed by atoms with E-state index >= 15 is 0 Å². The third-order valence-corrected chi connectivity index (χ3v) is 6.28. The molecular formula is C26H38NO2+. The Morgan fingerprint density at radius 3 is 2.03 bits per heavy atom. The maximum Gasteiger partial charge on any atom is 0.137 e. The zero-order chi connectivity index (χ0) is 20.9. The molecular weight excluding hydrogens is 358 g/mol. The van der Waals surface area contributed by atoms with Crippen LogP contribution in [0.1, 0.15) is 53.5 Å². The van der Waals surface area contributed by atoms with E-state index in [0.29, 0.717) is 6.61 Å². The van der Waals surface area contributed by atoms with E-state index in [0.717, 1.165) is 47.5 Å². The summed E-state index contributed by atoms with van der Waals surface area (Å²) in [6, 6.07) is 13.2. The van der Waals surface area contributed by atoms with E-state index < -0.39 is 6.10 Å². The molecule has 3 rings (SSSR count). The number of quaternary nitrogens is 1. The summed E-state index contributed by atoms with van der Waals surface area (Å²) in [4.78, 5) is 0. The van der Waals surface area contributed by atoms with Crippen molar-refractivity contribution in [2.75, 3.05) is 26.2 Å². The average molecular weight is 397 g/mol. The lowest BCUT2D eigenvalue weighted by molar-refractivity contribution is -0.942. The van der Waals surface area contributed by atoms with Crippen molar-refractivity contribution < 1.29 is 14.3 Å². The first kappa shape index (κ1) is 21.9. The van der Waals surface area contributed by atoms with Crippen LogP contribution in [-0.2, 0) is 6.54 Å². The summed E-state index contributed by atoms with van der Waals surface area (Å²) >= 11 is 0. The molecule has 1 heterocycles. The normalized spacial score (nSPS) is 17.6. The molecule has 0 aromatic heterocycles. The highest BCUT2D eigenvalue weighted by atomic mass is 16.5. The van der Waals surface area contributed by atoms with Crippen LogP contribution in [0.4, 0.5) is 0 Å². The largest absolute Gasteiger partial charge is 0.490 e. The summed E-state index contributed by atoms with van der Waals surface area (Å²) in [5.41, 5.74) is 6.21. The van der Waals surface area contributed by atoms with Gasteiger partial charge in [0.05, 0.1) is 13.1 Å². The van der Waals surface area contributed by atoms with E-state index in [1.54, 1.807) is 0 Å². The third kappa shape index (κ3) is 6.07. The monoisotopic (exact) mass is 396 g/mol. The SMILES string of the molecule is Cc1ccc(C[N+]2(CC(O)COc3c(C)cc(C)cc3C)CCCCCC2)cc1.